The minimum Gasteiger partial charge on any atom is -0.463 e. The molecule has 0 amide bonds. The van der Waals surface area contributed by atoms with E-state index in [1.165, 1.54) is 18.2 Å². The van der Waals surface area contributed by atoms with Crippen LogP contribution >= 0.6 is 11.6 Å². The molecule has 0 unspecified atom stereocenters. The fourth-order valence-electron chi connectivity index (χ4n) is 3.52. The van der Waals surface area contributed by atoms with Crippen molar-refractivity contribution in [1.82, 2.24) is 9.97 Å². The van der Waals surface area contributed by atoms with Gasteiger partial charge in [0.1, 0.15) is 11.6 Å². The van der Waals surface area contributed by atoms with Crippen molar-refractivity contribution in [2.75, 3.05) is 43.1 Å². The Morgan fingerprint density at radius 2 is 2.09 bits per heavy atom. The van der Waals surface area contributed by atoms with E-state index < -0.39 is 5.82 Å². The van der Waals surface area contributed by atoms with E-state index in [-0.39, 0.29) is 11.0 Å². The van der Waals surface area contributed by atoms with Gasteiger partial charge in [-0.1, -0.05) is 29.8 Å². The molecule has 1 aromatic heterocycles. The summed E-state index contributed by atoms with van der Waals surface area (Å²) < 4.78 is 24.0. The van der Waals surface area contributed by atoms with Gasteiger partial charge in [-0.25, -0.2) is 14.2 Å². The highest BCUT2D eigenvalue weighted by Gasteiger charge is 2.19. The van der Waals surface area contributed by atoms with Crippen LogP contribution in [-0.4, -0.2) is 48.8 Å². The molecule has 1 N–H and O–H groups in total. The Labute approximate surface area is 202 Å². The summed E-state index contributed by atoms with van der Waals surface area (Å²) in [6.45, 7) is 4.67. The topological polar surface area (TPSA) is 76.6 Å². The maximum Gasteiger partial charge on any atom is 0.330 e. The van der Waals surface area contributed by atoms with Crippen molar-refractivity contribution in [3.63, 3.8) is 0 Å². The third kappa shape index (κ3) is 5.89. The first-order chi connectivity index (χ1) is 16.5. The number of halogens is 2. The van der Waals surface area contributed by atoms with E-state index in [2.05, 4.69) is 15.2 Å². The van der Waals surface area contributed by atoms with Gasteiger partial charge < -0.3 is 19.7 Å². The Hall–Kier alpha value is -3.49. The minimum atomic E-state index is -0.491. The number of esters is 1. The van der Waals surface area contributed by atoms with Crippen LogP contribution in [0.5, 0.6) is 0 Å². The van der Waals surface area contributed by atoms with Crippen LogP contribution in [0.4, 0.5) is 21.8 Å². The Morgan fingerprint density at radius 3 is 2.85 bits per heavy atom. The molecular formula is C25H24ClFN4O3. The first kappa shape index (κ1) is 23.7. The van der Waals surface area contributed by atoms with E-state index in [0.29, 0.717) is 44.5 Å². The minimum absolute atomic E-state index is 0.0164. The van der Waals surface area contributed by atoms with Gasteiger partial charge in [0.15, 0.2) is 0 Å². The highest BCUT2D eigenvalue weighted by Crippen LogP contribution is 2.32. The lowest BCUT2D eigenvalue weighted by atomic mass is 10.0. The highest BCUT2D eigenvalue weighted by molar-refractivity contribution is 6.31. The number of carbonyl (C=O) groups excluding carboxylic acids is 1. The molecule has 0 spiro atoms. The van der Waals surface area contributed by atoms with Gasteiger partial charge >= 0.3 is 5.97 Å². The monoisotopic (exact) mass is 482 g/mol. The fraction of sp³-hybridized carbons (Fsp3) is 0.240. The van der Waals surface area contributed by atoms with Crippen LogP contribution in [0.2, 0.25) is 5.02 Å². The normalized spacial score (nSPS) is 13.8. The predicted octanol–water partition coefficient (Wildman–Crippen LogP) is 5.09. The summed E-state index contributed by atoms with van der Waals surface area (Å²) in [7, 11) is 0. The Bertz CT molecular complexity index is 1200. The quantitative estimate of drug-likeness (QED) is 0.371. The molecule has 7 nitrogen and oxygen atoms in total. The van der Waals surface area contributed by atoms with E-state index in [0.717, 1.165) is 22.5 Å². The van der Waals surface area contributed by atoms with Gasteiger partial charge in [-0.3, -0.25) is 0 Å². The lowest BCUT2D eigenvalue weighted by molar-refractivity contribution is -0.137. The molecule has 0 aliphatic carbocycles. The standard InChI is InChI=1S/C25H24ClFN4O3/c1-2-34-23(32)9-6-17-4-3-5-18(14-17)20-16-28-25(29-19-7-8-22(27)21(26)15-19)30-24(20)31-10-12-33-13-11-31/h3-9,14-16H,2,10-13H2,1H3,(H,28,29,30)/b9-6+. The number of ether oxygens (including phenoxy) is 2. The van der Waals surface area contributed by atoms with Gasteiger partial charge in [0, 0.05) is 36.6 Å². The van der Waals surface area contributed by atoms with E-state index in [9.17, 15) is 9.18 Å². The number of hydrogen-bond donors (Lipinski definition) is 1. The van der Waals surface area contributed by atoms with Gasteiger partial charge in [0.25, 0.3) is 0 Å². The third-order valence-electron chi connectivity index (χ3n) is 5.15. The van der Waals surface area contributed by atoms with Gasteiger partial charge in [-0.2, -0.15) is 4.98 Å². The van der Waals surface area contributed by atoms with Crippen LogP contribution in [0, 0.1) is 5.82 Å². The molecule has 1 fully saturated rings. The highest BCUT2D eigenvalue weighted by atomic mass is 35.5. The molecule has 0 saturated carbocycles. The Balaban J connectivity index is 1.67. The number of nitrogens with one attached hydrogen (secondary N) is 1. The second-order valence-electron chi connectivity index (χ2n) is 7.50. The third-order valence-corrected chi connectivity index (χ3v) is 5.44. The Morgan fingerprint density at radius 1 is 1.26 bits per heavy atom. The molecule has 0 atom stereocenters. The summed E-state index contributed by atoms with van der Waals surface area (Å²) in [5.41, 5.74) is 3.18. The number of aromatic nitrogens is 2. The average molecular weight is 483 g/mol. The molecule has 9 heteroatoms. The van der Waals surface area contributed by atoms with E-state index >= 15 is 0 Å². The zero-order valence-electron chi connectivity index (χ0n) is 18.6. The van der Waals surface area contributed by atoms with Gasteiger partial charge in [0.05, 0.1) is 24.8 Å². The van der Waals surface area contributed by atoms with E-state index in [4.69, 9.17) is 26.1 Å². The second-order valence-corrected chi connectivity index (χ2v) is 7.90. The van der Waals surface area contributed by atoms with Crippen LogP contribution in [-0.2, 0) is 14.3 Å². The van der Waals surface area contributed by atoms with Crippen molar-refractivity contribution in [2.24, 2.45) is 0 Å². The van der Waals surface area contributed by atoms with Gasteiger partial charge in [-0.05, 0) is 48.4 Å². The number of nitrogens with zero attached hydrogens (tertiary/aromatic N) is 3. The largest absolute Gasteiger partial charge is 0.463 e. The van der Waals surface area contributed by atoms with E-state index in [1.54, 1.807) is 25.3 Å². The first-order valence-corrected chi connectivity index (χ1v) is 11.3. The molecule has 2 aromatic carbocycles. The lowest BCUT2D eigenvalue weighted by Gasteiger charge is -2.29. The summed E-state index contributed by atoms with van der Waals surface area (Å²) in [5.74, 6) is 0.239. The number of rotatable bonds is 7. The average Bonchev–Trinajstić information content (AvgIpc) is 2.86. The first-order valence-electron chi connectivity index (χ1n) is 10.9. The number of carbonyl (C=O) groups is 1. The molecule has 176 valence electrons. The number of anilines is 3. The van der Waals surface area contributed by atoms with Crippen molar-refractivity contribution >= 4 is 41.1 Å². The molecule has 1 saturated heterocycles. The van der Waals surface area contributed by atoms with Crippen LogP contribution in [0.25, 0.3) is 17.2 Å². The van der Waals surface area contributed by atoms with Crippen molar-refractivity contribution in [1.29, 1.82) is 0 Å². The van der Waals surface area contributed by atoms with Crippen LogP contribution < -0.4 is 10.2 Å². The smallest absolute Gasteiger partial charge is 0.330 e. The van der Waals surface area contributed by atoms with Crippen molar-refractivity contribution in [3.8, 4) is 11.1 Å². The summed E-state index contributed by atoms with van der Waals surface area (Å²) in [4.78, 5) is 23.1. The molecule has 1 aliphatic rings. The van der Waals surface area contributed by atoms with Gasteiger partial charge in [0.2, 0.25) is 5.95 Å². The number of hydrogen-bond acceptors (Lipinski definition) is 7. The predicted molar refractivity (Wildman–Crippen MR) is 131 cm³/mol. The fourth-order valence-corrected chi connectivity index (χ4v) is 3.70. The number of morpholine rings is 1. The zero-order chi connectivity index (χ0) is 23.9. The maximum atomic E-state index is 13.5. The van der Waals surface area contributed by atoms with Gasteiger partial charge in [-0.15, -0.1) is 0 Å². The zero-order valence-corrected chi connectivity index (χ0v) is 19.4. The van der Waals surface area contributed by atoms with Crippen LogP contribution in [0.1, 0.15) is 12.5 Å². The Kier molecular flexibility index (Phi) is 7.72. The van der Waals surface area contributed by atoms with Crippen molar-refractivity contribution in [3.05, 3.63) is 71.1 Å². The molecule has 3 aromatic rings. The van der Waals surface area contributed by atoms with Crippen LogP contribution in [0.3, 0.4) is 0 Å². The SMILES string of the molecule is CCOC(=O)/C=C/c1cccc(-c2cnc(Nc3ccc(F)c(Cl)c3)nc2N2CCOCC2)c1. The summed E-state index contributed by atoms with van der Waals surface area (Å²) in [5, 5.41) is 3.11. The maximum absolute atomic E-state index is 13.5. The van der Waals surface area contributed by atoms with Crippen molar-refractivity contribution in [2.45, 2.75) is 6.92 Å². The second kappa shape index (κ2) is 11.1. The summed E-state index contributed by atoms with van der Waals surface area (Å²) >= 11 is 5.90. The molecule has 4 rings (SSSR count). The summed E-state index contributed by atoms with van der Waals surface area (Å²) in [6, 6.07) is 12.1. The molecule has 2 heterocycles. The molecule has 34 heavy (non-hydrogen) atoms. The lowest BCUT2D eigenvalue weighted by Crippen LogP contribution is -2.37. The molecule has 0 radical (unpaired) electrons. The summed E-state index contributed by atoms with van der Waals surface area (Å²) in [6.07, 6.45) is 4.87. The van der Waals surface area contributed by atoms with E-state index in [1.807, 2.05) is 24.3 Å². The number of benzene rings is 2. The molecular weight excluding hydrogens is 459 g/mol. The van der Waals surface area contributed by atoms with Crippen LogP contribution in [0.15, 0.2) is 54.7 Å². The molecule has 1 aliphatic heterocycles. The molecule has 0 bridgehead atoms. The van der Waals surface area contributed by atoms with Crippen molar-refractivity contribution < 1.29 is 18.7 Å².